The van der Waals surface area contributed by atoms with E-state index in [0.29, 0.717) is 19.4 Å². The molecule has 0 N–H and O–H groups in total. The van der Waals surface area contributed by atoms with E-state index in [0.717, 1.165) is 16.7 Å². The summed E-state index contributed by atoms with van der Waals surface area (Å²) in [6.07, 6.45) is -8.35. The second kappa shape index (κ2) is 30.2. The van der Waals surface area contributed by atoms with Crippen LogP contribution in [0, 0.1) is 53.3 Å². The van der Waals surface area contributed by atoms with Crippen molar-refractivity contribution in [2.45, 2.75) is 194 Å². The second-order valence-electron chi connectivity index (χ2n) is 24.0. The van der Waals surface area contributed by atoms with E-state index in [9.17, 15) is 15.1 Å². The van der Waals surface area contributed by atoms with Crippen molar-refractivity contribution >= 4 is 11.9 Å². The van der Waals surface area contributed by atoms with Gasteiger partial charge in [-0.05, 0) is 51.8 Å². The average Bonchev–Trinajstić information content (AvgIpc) is 3.55. The minimum Gasteiger partial charge on any atom is -0.463 e. The Hall–Kier alpha value is -4.57. The Bertz CT molecular complexity index is 2510. The predicted molar refractivity (Wildman–Crippen MR) is 306 cm³/mol. The van der Waals surface area contributed by atoms with E-state index in [2.05, 4.69) is 70.6 Å². The fourth-order valence-corrected chi connectivity index (χ4v) is 12.7. The molecule has 83 heavy (non-hydrogen) atoms. The van der Waals surface area contributed by atoms with Crippen molar-refractivity contribution in [3.05, 3.63) is 118 Å². The molecule has 3 aromatic rings. The number of azide groups is 1. The molecule has 5 aliphatic rings. The van der Waals surface area contributed by atoms with Crippen LogP contribution < -0.4 is 0 Å². The highest BCUT2D eigenvalue weighted by Crippen LogP contribution is 2.45. The van der Waals surface area contributed by atoms with Crippen LogP contribution in [0.1, 0.15) is 92.9 Å². The average molecular weight is 1160 g/mol. The summed E-state index contributed by atoms with van der Waals surface area (Å²) < 4.78 is 92.7. The molecular formula is C64H91N3O16. The maximum absolute atomic E-state index is 12.6. The SMILES string of the molecule is COC1C(C)[C@@H](O[C@H]2C(COCc3ccccc3)O[C@@H](OC)C(C)[C@H]2C)O[C@@H](Cc2ccccc2)[C@H]1O[C@H]1O[C@H](COC(C)=O)[C@@H](O[C@@H]2OC(Cc3ccccc3)[C@H](O[C@@H]3OC(COC(C)=O)[C@H](C)[C@H](C)C3N=[N+]=[N-])[C@H](C)C2C)C(C)C1C. The quantitative estimate of drug-likeness (QED) is 0.0374. The van der Waals surface area contributed by atoms with E-state index in [1.807, 2.05) is 92.7 Å². The smallest absolute Gasteiger partial charge is 0.302 e. The molecule has 0 bridgehead atoms. The van der Waals surface area contributed by atoms with Gasteiger partial charge in [-0.2, -0.15) is 0 Å². The molecule has 5 saturated heterocycles. The van der Waals surface area contributed by atoms with Crippen LogP contribution in [0.15, 0.2) is 96.1 Å². The Morgan fingerprint density at radius 1 is 0.434 bits per heavy atom. The zero-order valence-corrected chi connectivity index (χ0v) is 50.7. The molecular weight excluding hydrogens is 1070 g/mol. The number of rotatable bonds is 23. The van der Waals surface area contributed by atoms with Gasteiger partial charge in [-0.1, -0.05) is 158 Å². The van der Waals surface area contributed by atoms with Crippen molar-refractivity contribution in [3.8, 4) is 0 Å². The van der Waals surface area contributed by atoms with Gasteiger partial charge in [0.1, 0.15) is 31.5 Å². The van der Waals surface area contributed by atoms with E-state index < -0.39 is 110 Å². The van der Waals surface area contributed by atoms with E-state index in [-0.39, 0.29) is 73.1 Å². The molecule has 0 spiro atoms. The third-order valence-electron chi connectivity index (χ3n) is 18.6. The largest absolute Gasteiger partial charge is 0.463 e. The first-order valence-electron chi connectivity index (χ1n) is 29.9. The van der Waals surface area contributed by atoms with E-state index in [1.165, 1.54) is 13.8 Å². The molecule has 0 saturated carbocycles. The van der Waals surface area contributed by atoms with Crippen molar-refractivity contribution < 1.29 is 75.9 Å². The van der Waals surface area contributed by atoms with Crippen LogP contribution in [0.4, 0.5) is 0 Å². The highest BCUT2D eigenvalue weighted by molar-refractivity contribution is 5.66. The van der Waals surface area contributed by atoms with Crippen LogP contribution in [0.5, 0.6) is 0 Å². The summed E-state index contributed by atoms with van der Waals surface area (Å²) in [6, 6.07) is 29.5. The molecule has 0 radical (unpaired) electrons. The Kier molecular flexibility index (Phi) is 23.4. The van der Waals surface area contributed by atoms with E-state index >= 15 is 0 Å². The van der Waals surface area contributed by atoms with Gasteiger partial charge in [0.15, 0.2) is 31.5 Å². The lowest BCUT2D eigenvalue weighted by molar-refractivity contribution is -0.370. The molecule has 458 valence electrons. The van der Waals surface area contributed by atoms with Gasteiger partial charge in [-0.15, -0.1) is 0 Å². The van der Waals surface area contributed by atoms with Gasteiger partial charge in [0.25, 0.3) is 0 Å². The van der Waals surface area contributed by atoms with Crippen LogP contribution in [-0.2, 0) is 95.4 Å². The van der Waals surface area contributed by atoms with Crippen molar-refractivity contribution in [1.29, 1.82) is 0 Å². The zero-order chi connectivity index (χ0) is 59.5. The minimum atomic E-state index is -0.957. The fourth-order valence-electron chi connectivity index (χ4n) is 12.7. The summed E-state index contributed by atoms with van der Waals surface area (Å²) in [7, 11) is 3.35. The number of hydrogen-bond donors (Lipinski definition) is 0. The van der Waals surface area contributed by atoms with Gasteiger partial charge in [0.2, 0.25) is 0 Å². The molecule has 0 aliphatic carbocycles. The lowest BCUT2D eigenvalue weighted by Crippen LogP contribution is -2.62. The third kappa shape index (κ3) is 15.9. The normalized spacial score (nSPS) is 39.3. The summed E-state index contributed by atoms with van der Waals surface area (Å²) in [4.78, 5) is 27.7. The molecule has 19 heteroatoms. The van der Waals surface area contributed by atoms with Gasteiger partial charge in [-0.3, -0.25) is 9.59 Å². The molecule has 0 amide bonds. The standard InChI is InChI=1S/C64H91N3O16/c1-35-36(2)54(66-67-65)64(77-51(35)33-73-44(10)68)82-55-38(4)41(7)61(75-49(55)29-46-23-17-14-18-24-46)80-57-39(5)42(8)62(79-53(57)34-74-45(11)69)83-59-50(30-47-25-19-15-20-26-47)76-63(43(9)58(59)70-12)81-56-37(3)40(6)60(71-13)78-52(56)32-72-31-48-27-21-16-22-28-48/h14-28,35-43,49-64H,29-34H2,1-13H3/t35-,36+,37-,38-,39?,40?,41?,42?,43?,49?,50+,51?,52?,53-,54?,55-,56-,57+,58?,59-,60-,61+,62-,63-,64+/m1/s1. The number of hydrogen-bond acceptors (Lipinski definition) is 17. The lowest BCUT2D eigenvalue weighted by Gasteiger charge is -2.52. The monoisotopic (exact) mass is 1160 g/mol. The number of ether oxygens (including phenoxy) is 14. The van der Waals surface area contributed by atoms with Crippen molar-refractivity contribution in [2.75, 3.05) is 34.0 Å². The maximum atomic E-state index is 12.6. The van der Waals surface area contributed by atoms with Gasteiger partial charge < -0.3 is 66.3 Å². The molecule has 25 atom stereocenters. The number of nitrogens with zero attached hydrogens (tertiary/aromatic N) is 3. The maximum Gasteiger partial charge on any atom is 0.302 e. The van der Waals surface area contributed by atoms with Gasteiger partial charge in [0, 0.05) is 69.5 Å². The summed E-state index contributed by atoms with van der Waals surface area (Å²) in [6.45, 7) is 22.0. The van der Waals surface area contributed by atoms with Crippen LogP contribution in [-0.4, -0.2) is 145 Å². The number of methoxy groups -OCH3 is 2. The topological polar surface area (TPSA) is 212 Å². The van der Waals surface area contributed by atoms with Crippen molar-refractivity contribution in [3.63, 3.8) is 0 Å². The Labute approximate surface area is 490 Å². The number of carbonyl (C=O) groups excluding carboxylic acids is 2. The summed E-state index contributed by atoms with van der Waals surface area (Å²) in [5.74, 6) is -2.41. The number of benzene rings is 3. The second-order valence-corrected chi connectivity index (χ2v) is 24.0. The predicted octanol–water partition coefficient (Wildman–Crippen LogP) is 10.0. The van der Waals surface area contributed by atoms with Gasteiger partial charge >= 0.3 is 11.9 Å². The fraction of sp³-hybridized carbons (Fsp3) is 0.688. The van der Waals surface area contributed by atoms with Gasteiger partial charge in [-0.25, -0.2) is 0 Å². The van der Waals surface area contributed by atoms with Crippen LogP contribution in [0.25, 0.3) is 10.4 Å². The third-order valence-corrected chi connectivity index (χ3v) is 18.6. The molecule has 5 heterocycles. The Morgan fingerprint density at radius 2 is 0.831 bits per heavy atom. The summed E-state index contributed by atoms with van der Waals surface area (Å²) in [5.41, 5.74) is 12.9. The highest BCUT2D eigenvalue weighted by Gasteiger charge is 2.55. The lowest BCUT2D eigenvalue weighted by atomic mass is 9.80. The van der Waals surface area contributed by atoms with Gasteiger partial charge in [0.05, 0.1) is 62.0 Å². The summed E-state index contributed by atoms with van der Waals surface area (Å²) >= 11 is 0. The molecule has 5 fully saturated rings. The molecule has 10 unspecified atom stereocenters. The molecule has 8 rings (SSSR count). The van der Waals surface area contributed by atoms with Crippen LogP contribution in [0.2, 0.25) is 0 Å². The first-order valence-corrected chi connectivity index (χ1v) is 29.9. The van der Waals surface area contributed by atoms with E-state index in [4.69, 9.17) is 66.3 Å². The summed E-state index contributed by atoms with van der Waals surface area (Å²) in [5, 5.41) is 4.19. The first-order chi connectivity index (χ1) is 39.9. The van der Waals surface area contributed by atoms with Crippen molar-refractivity contribution in [2.24, 2.45) is 58.4 Å². The molecule has 3 aromatic carbocycles. The molecule has 19 nitrogen and oxygen atoms in total. The molecule has 0 aromatic heterocycles. The number of esters is 2. The zero-order valence-electron chi connectivity index (χ0n) is 50.7. The highest BCUT2D eigenvalue weighted by atomic mass is 16.8. The number of carbonyl (C=O) groups is 2. The Balaban J connectivity index is 1.02. The first kappa shape index (κ1) is 64.4. The van der Waals surface area contributed by atoms with Crippen molar-refractivity contribution in [1.82, 2.24) is 0 Å². The van der Waals surface area contributed by atoms with Crippen LogP contribution >= 0.6 is 0 Å². The minimum absolute atomic E-state index is 0.00513. The Morgan fingerprint density at radius 3 is 1.33 bits per heavy atom. The molecule has 5 aliphatic heterocycles. The van der Waals surface area contributed by atoms with E-state index in [1.54, 1.807) is 14.2 Å². The van der Waals surface area contributed by atoms with Crippen LogP contribution in [0.3, 0.4) is 0 Å².